The summed E-state index contributed by atoms with van der Waals surface area (Å²) in [4.78, 5) is 21.7. The fraction of sp³-hybridized carbons (Fsp3) is 0.200. The number of ether oxygens (including phenoxy) is 1. The van der Waals surface area contributed by atoms with Gasteiger partial charge in [-0.2, -0.15) is 0 Å². The molecular formula is C20H18ClN3O2. The van der Waals surface area contributed by atoms with Crippen LogP contribution < -0.4 is 10.5 Å². The highest BCUT2D eigenvalue weighted by Gasteiger charge is 2.11. The van der Waals surface area contributed by atoms with E-state index in [1.165, 1.54) is 5.69 Å². The number of halogens is 1. The van der Waals surface area contributed by atoms with E-state index in [9.17, 15) is 4.79 Å². The first-order chi connectivity index (χ1) is 12.7. The van der Waals surface area contributed by atoms with Crippen molar-refractivity contribution in [2.24, 2.45) is 0 Å². The summed E-state index contributed by atoms with van der Waals surface area (Å²) in [5.74, 6) is 0.368. The number of para-hydroxylation sites is 1. The molecule has 0 unspecified atom stereocenters. The lowest BCUT2D eigenvalue weighted by Gasteiger charge is -2.28. The number of nitrogens with one attached hydrogen (secondary N) is 1. The Bertz CT molecular complexity index is 1010. The Balaban J connectivity index is 1.60. The minimum absolute atomic E-state index is 0.195. The van der Waals surface area contributed by atoms with Crippen molar-refractivity contribution in [3.63, 3.8) is 0 Å². The smallest absolute Gasteiger partial charge is 0.259 e. The number of benzene rings is 2. The van der Waals surface area contributed by atoms with Crippen LogP contribution in [0.15, 0.2) is 53.3 Å². The van der Waals surface area contributed by atoms with Gasteiger partial charge >= 0.3 is 0 Å². The SMILES string of the molecule is O=c1[nH]c(/C(Cl)=C/c2ccc(N3CCOCC3)cc2)nc2ccccc12. The van der Waals surface area contributed by atoms with E-state index in [4.69, 9.17) is 16.3 Å². The van der Waals surface area contributed by atoms with E-state index < -0.39 is 0 Å². The van der Waals surface area contributed by atoms with Crippen LogP contribution in [0.5, 0.6) is 0 Å². The van der Waals surface area contributed by atoms with Gasteiger partial charge in [0.25, 0.3) is 5.56 Å². The largest absolute Gasteiger partial charge is 0.378 e. The van der Waals surface area contributed by atoms with Gasteiger partial charge in [0.1, 0.15) is 0 Å². The van der Waals surface area contributed by atoms with E-state index in [1.807, 2.05) is 24.3 Å². The van der Waals surface area contributed by atoms with Gasteiger partial charge in [0.05, 0.1) is 29.1 Å². The molecule has 4 rings (SSSR count). The molecular weight excluding hydrogens is 350 g/mol. The summed E-state index contributed by atoms with van der Waals surface area (Å²) >= 11 is 6.40. The topological polar surface area (TPSA) is 58.2 Å². The number of nitrogens with zero attached hydrogens (tertiary/aromatic N) is 2. The van der Waals surface area contributed by atoms with Gasteiger partial charge in [0.2, 0.25) is 0 Å². The molecule has 0 spiro atoms. The second-order valence-electron chi connectivity index (χ2n) is 6.11. The van der Waals surface area contributed by atoms with Crippen LogP contribution in [0, 0.1) is 0 Å². The minimum atomic E-state index is -0.195. The van der Waals surface area contributed by atoms with Crippen molar-refractivity contribution >= 4 is 39.3 Å². The maximum atomic E-state index is 12.2. The first kappa shape index (κ1) is 16.8. The molecule has 132 valence electrons. The molecule has 2 aromatic carbocycles. The second-order valence-corrected chi connectivity index (χ2v) is 6.52. The Hall–Kier alpha value is -2.63. The zero-order valence-electron chi connectivity index (χ0n) is 14.1. The summed E-state index contributed by atoms with van der Waals surface area (Å²) in [5, 5.41) is 0.947. The van der Waals surface area contributed by atoms with E-state index in [-0.39, 0.29) is 5.56 Å². The van der Waals surface area contributed by atoms with Crippen molar-refractivity contribution in [1.29, 1.82) is 0 Å². The Labute approximate surface area is 155 Å². The number of fused-ring (bicyclic) bond motifs is 1. The highest BCUT2D eigenvalue weighted by molar-refractivity contribution is 6.50. The molecule has 2 heterocycles. The fourth-order valence-corrected chi connectivity index (χ4v) is 3.23. The predicted molar refractivity (Wildman–Crippen MR) is 106 cm³/mol. The summed E-state index contributed by atoms with van der Waals surface area (Å²) in [6.45, 7) is 3.32. The number of H-pyrrole nitrogens is 1. The Morgan fingerprint density at radius 2 is 1.85 bits per heavy atom. The third kappa shape index (κ3) is 3.49. The lowest BCUT2D eigenvalue weighted by atomic mass is 10.1. The molecule has 1 aliphatic rings. The lowest BCUT2D eigenvalue weighted by Crippen LogP contribution is -2.36. The van der Waals surface area contributed by atoms with E-state index >= 15 is 0 Å². The predicted octanol–water partition coefficient (Wildman–Crippen LogP) is 3.50. The van der Waals surface area contributed by atoms with E-state index in [0.29, 0.717) is 21.8 Å². The van der Waals surface area contributed by atoms with Crippen molar-refractivity contribution in [1.82, 2.24) is 9.97 Å². The molecule has 5 nitrogen and oxygen atoms in total. The van der Waals surface area contributed by atoms with E-state index in [1.54, 1.807) is 18.2 Å². The van der Waals surface area contributed by atoms with Crippen LogP contribution in [0.1, 0.15) is 11.4 Å². The van der Waals surface area contributed by atoms with Crippen LogP contribution in [0.2, 0.25) is 0 Å². The molecule has 6 heteroatoms. The quantitative estimate of drug-likeness (QED) is 0.769. The molecule has 0 radical (unpaired) electrons. The van der Waals surface area contributed by atoms with Crippen molar-refractivity contribution in [3.8, 4) is 0 Å². The molecule has 0 atom stereocenters. The number of rotatable bonds is 3. The van der Waals surface area contributed by atoms with Gasteiger partial charge < -0.3 is 14.6 Å². The zero-order valence-corrected chi connectivity index (χ0v) is 14.9. The molecule has 1 aliphatic heterocycles. The van der Waals surface area contributed by atoms with Crippen LogP contribution >= 0.6 is 11.6 Å². The molecule has 0 aliphatic carbocycles. The summed E-state index contributed by atoms with van der Waals surface area (Å²) in [6.07, 6.45) is 1.80. The van der Waals surface area contributed by atoms with Crippen LogP contribution in [0.4, 0.5) is 5.69 Å². The van der Waals surface area contributed by atoms with Crippen LogP contribution in [0.3, 0.4) is 0 Å². The molecule has 1 fully saturated rings. The van der Waals surface area contributed by atoms with Crippen LogP contribution in [-0.4, -0.2) is 36.3 Å². The fourth-order valence-electron chi connectivity index (χ4n) is 3.02. The molecule has 1 N–H and O–H groups in total. The normalized spacial score (nSPS) is 15.4. The standard InChI is InChI=1S/C20H18ClN3O2/c21-17(19-22-18-4-2-1-3-16(18)20(25)23-19)13-14-5-7-15(8-6-14)24-9-11-26-12-10-24/h1-8,13H,9-12H2,(H,22,23,25)/b17-13-. The van der Waals surface area contributed by atoms with E-state index in [0.717, 1.165) is 31.9 Å². The molecule has 0 saturated carbocycles. The molecule has 0 bridgehead atoms. The number of aromatic amines is 1. The summed E-state index contributed by atoms with van der Waals surface area (Å²) in [7, 11) is 0. The summed E-state index contributed by atoms with van der Waals surface area (Å²) < 4.78 is 5.38. The minimum Gasteiger partial charge on any atom is -0.378 e. The molecule has 3 aromatic rings. The number of anilines is 1. The molecule has 1 aromatic heterocycles. The first-order valence-corrected chi connectivity index (χ1v) is 8.88. The van der Waals surface area contributed by atoms with Gasteiger partial charge in [0.15, 0.2) is 5.82 Å². The Kier molecular flexibility index (Phi) is 4.73. The number of morpholine rings is 1. The average molecular weight is 368 g/mol. The third-order valence-electron chi connectivity index (χ3n) is 4.40. The van der Waals surface area contributed by atoms with E-state index in [2.05, 4.69) is 27.0 Å². The van der Waals surface area contributed by atoms with Gasteiger partial charge in [0, 0.05) is 18.8 Å². The lowest BCUT2D eigenvalue weighted by molar-refractivity contribution is 0.122. The van der Waals surface area contributed by atoms with Gasteiger partial charge in [-0.3, -0.25) is 4.79 Å². The van der Waals surface area contributed by atoms with Crippen molar-refractivity contribution in [2.75, 3.05) is 31.2 Å². The average Bonchev–Trinajstić information content (AvgIpc) is 2.69. The third-order valence-corrected chi connectivity index (χ3v) is 4.69. The summed E-state index contributed by atoms with van der Waals surface area (Å²) in [6, 6.07) is 15.4. The molecule has 1 saturated heterocycles. The second kappa shape index (κ2) is 7.32. The maximum Gasteiger partial charge on any atom is 0.259 e. The Morgan fingerprint density at radius 1 is 1.12 bits per heavy atom. The van der Waals surface area contributed by atoms with Crippen molar-refractivity contribution < 1.29 is 4.74 Å². The summed E-state index contributed by atoms with van der Waals surface area (Å²) in [5.41, 5.74) is 2.54. The number of hydrogen-bond donors (Lipinski definition) is 1. The van der Waals surface area contributed by atoms with Gasteiger partial charge in [-0.05, 0) is 35.9 Å². The monoisotopic (exact) mass is 367 g/mol. The van der Waals surface area contributed by atoms with Crippen LogP contribution in [0.25, 0.3) is 22.0 Å². The van der Waals surface area contributed by atoms with Gasteiger partial charge in [-0.1, -0.05) is 35.9 Å². The van der Waals surface area contributed by atoms with Gasteiger partial charge in [-0.25, -0.2) is 4.98 Å². The zero-order chi connectivity index (χ0) is 17.9. The van der Waals surface area contributed by atoms with Crippen molar-refractivity contribution in [2.45, 2.75) is 0 Å². The molecule has 26 heavy (non-hydrogen) atoms. The highest BCUT2D eigenvalue weighted by Crippen LogP contribution is 2.22. The highest BCUT2D eigenvalue weighted by atomic mass is 35.5. The first-order valence-electron chi connectivity index (χ1n) is 8.50. The van der Waals surface area contributed by atoms with Crippen molar-refractivity contribution in [3.05, 3.63) is 70.3 Å². The number of aromatic nitrogens is 2. The molecule has 0 amide bonds. The van der Waals surface area contributed by atoms with Crippen LogP contribution in [-0.2, 0) is 4.74 Å². The Morgan fingerprint density at radius 3 is 2.62 bits per heavy atom. The maximum absolute atomic E-state index is 12.2. The van der Waals surface area contributed by atoms with Gasteiger partial charge in [-0.15, -0.1) is 0 Å². The number of hydrogen-bond acceptors (Lipinski definition) is 4.